The van der Waals surface area contributed by atoms with Gasteiger partial charge >= 0.3 is 0 Å². The zero-order valence-electron chi connectivity index (χ0n) is 19.4. The van der Waals surface area contributed by atoms with E-state index >= 15 is 0 Å². The maximum atomic E-state index is 11.8. The third kappa shape index (κ3) is 4.32. The van der Waals surface area contributed by atoms with Crippen molar-refractivity contribution >= 4 is 34.3 Å². The molecule has 7 nitrogen and oxygen atoms in total. The van der Waals surface area contributed by atoms with Crippen LogP contribution in [0.3, 0.4) is 0 Å². The van der Waals surface area contributed by atoms with Crippen LogP contribution in [-0.2, 0) is 4.79 Å². The van der Waals surface area contributed by atoms with E-state index in [1.54, 1.807) is 0 Å². The summed E-state index contributed by atoms with van der Waals surface area (Å²) >= 11 is 1.50. The van der Waals surface area contributed by atoms with Gasteiger partial charge in [-0.1, -0.05) is 12.1 Å². The Morgan fingerprint density at radius 1 is 1.09 bits per heavy atom. The number of hydrogen-bond acceptors (Lipinski definition) is 6. The summed E-state index contributed by atoms with van der Waals surface area (Å²) in [4.78, 5) is 17.5. The van der Waals surface area contributed by atoms with Crippen LogP contribution in [-0.4, -0.2) is 22.9 Å². The Hall–Kier alpha value is -3.91. The number of benzene rings is 2. The first kappa shape index (κ1) is 21.9. The third-order valence-corrected chi connectivity index (χ3v) is 6.34. The van der Waals surface area contributed by atoms with Crippen LogP contribution in [0, 0.1) is 20.8 Å². The highest BCUT2D eigenvalue weighted by atomic mass is 32.1. The molecule has 34 heavy (non-hydrogen) atoms. The molecule has 0 bridgehead atoms. The lowest BCUT2D eigenvalue weighted by Gasteiger charge is -2.18. The number of aromatic nitrogens is 1. The standard InChI is InChI=1S/C26H24N4O3S/c1-15-5-6-16(2)20(11-15)28-26-30(29-18(4)23-9-7-17(3)33-23)22(14-34-26)19-8-10-24-21(12-19)27-25(31)13-32-24/h5-12,14H,13H2,1-4H3,(H,27,31). The molecule has 1 aliphatic heterocycles. The van der Waals surface area contributed by atoms with E-state index in [1.165, 1.54) is 11.3 Å². The lowest BCUT2D eigenvalue weighted by atomic mass is 10.1. The van der Waals surface area contributed by atoms with Crippen LogP contribution in [0.1, 0.15) is 29.6 Å². The Bertz CT molecular complexity index is 1510. The summed E-state index contributed by atoms with van der Waals surface area (Å²) in [6.45, 7) is 7.94. The molecule has 0 fully saturated rings. The molecule has 0 saturated carbocycles. The van der Waals surface area contributed by atoms with Gasteiger partial charge in [0.1, 0.15) is 23.0 Å². The molecule has 5 rings (SSSR count). The minimum Gasteiger partial charge on any atom is -0.482 e. The smallest absolute Gasteiger partial charge is 0.262 e. The maximum absolute atomic E-state index is 11.8. The van der Waals surface area contributed by atoms with Gasteiger partial charge in [-0.25, -0.2) is 9.67 Å². The third-order valence-electron chi connectivity index (χ3n) is 5.52. The average molecular weight is 473 g/mol. The van der Waals surface area contributed by atoms with Crippen molar-refractivity contribution in [1.29, 1.82) is 0 Å². The van der Waals surface area contributed by atoms with Crippen molar-refractivity contribution in [3.8, 4) is 17.0 Å². The molecule has 0 spiro atoms. The van der Waals surface area contributed by atoms with Gasteiger partial charge in [0.05, 0.1) is 17.1 Å². The quantitative estimate of drug-likeness (QED) is 0.394. The number of thiazole rings is 1. The number of fused-ring (bicyclic) bond motifs is 1. The summed E-state index contributed by atoms with van der Waals surface area (Å²) in [6.07, 6.45) is 0. The van der Waals surface area contributed by atoms with E-state index in [0.29, 0.717) is 17.2 Å². The number of rotatable bonds is 4. The summed E-state index contributed by atoms with van der Waals surface area (Å²) in [5.41, 5.74) is 6.23. The van der Waals surface area contributed by atoms with Crippen molar-refractivity contribution in [3.05, 3.63) is 81.4 Å². The molecule has 2 aromatic heterocycles. The molecule has 0 saturated heterocycles. The predicted molar refractivity (Wildman–Crippen MR) is 134 cm³/mol. The Labute approximate surface area is 201 Å². The first-order chi connectivity index (χ1) is 16.4. The van der Waals surface area contributed by atoms with Crippen molar-refractivity contribution in [2.45, 2.75) is 27.7 Å². The van der Waals surface area contributed by atoms with Crippen molar-refractivity contribution < 1.29 is 13.9 Å². The molecule has 172 valence electrons. The van der Waals surface area contributed by atoms with E-state index in [-0.39, 0.29) is 12.5 Å². The Morgan fingerprint density at radius 3 is 2.74 bits per heavy atom. The molecule has 0 unspecified atom stereocenters. The molecular weight excluding hydrogens is 448 g/mol. The SMILES string of the molecule is CC(=Nn1c(-c2ccc3c(c2)NC(=O)CO3)csc1=Nc1cc(C)ccc1C)c1ccc(C)o1. The second kappa shape index (κ2) is 8.79. The molecule has 4 aromatic rings. The molecule has 8 heteroatoms. The van der Waals surface area contributed by atoms with Crippen LogP contribution in [0.4, 0.5) is 11.4 Å². The van der Waals surface area contributed by atoms with Crippen LogP contribution < -0.4 is 14.9 Å². The number of aryl methyl sites for hydroxylation is 3. The average Bonchev–Trinajstić information content (AvgIpc) is 3.42. The van der Waals surface area contributed by atoms with Crippen molar-refractivity contribution in [2.75, 3.05) is 11.9 Å². The number of nitrogens with one attached hydrogen (secondary N) is 1. The summed E-state index contributed by atoms with van der Waals surface area (Å²) in [6, 6.07) is 15.8. The minimum atomic E-state index is -0.171. The molecule has 3 heterocycles. The number of nitrogens with zero attached hydrogens (tertiary/aromatic N) is 3. The van der Waals surface area contributed by atoms with Gasteiger partial charge in [0.15, 0.2) is 6.61 Å². The van der Waals surface area contributed by atoms with E-state index in [9.17, 15) is 4.79 Å². The van der Waals surface area contributed by atoms with Crippen molar-refractivity contribution in [1.82, 2.24) is 4.68 Å². The zero-order valence-corrected chi connectivity index (χ0v) is 20.2. The molecule has 0 radical (unpaired) electrons. The largest absolute Gasteiger partial charge is 0.482 e. The number of furan rings is 1. The van der Waals surface area contributed by atoms with Crippen molar-refractivity contribution in [2.24, 2.45) is 10.1 Å². The number of carbonyl (C=O) groups excluding carboxylic acids is 1. The maximum Gasteiger partial charge on any atom is 0.262 e. The van der Waals surface area contributed by atoms with Gasteiger partial charge in [0.2, 0.25) is 4.80 Å². The minimum absolute atomic E-state index is 0.0235. The van der Waals surface area contributed by atoms with Crippen LogP contribution in [0.25, 0.3) is 11.3 Å². The van der Waals surface area contributed by atoms with Gasteiger partial charge in [0.25, 0.3) is 5.91 Å². The van der Waals surface area contributed by atoms with E-state index in [2.05, 4.69) is 30.4 Å². The van der Waals surface area contributed by atoms with Crippen LogP contribution in [0.5, 0.6) is 5.75 Å². The summed E-state index contributed by atoms with van der Waals surface area (Å²) in [5, 5.41) is 9.78. The first-order valence-electron chi connectivity index (χ1n) is 10.9. The number of ether oxygens (including phenoxy) is 1. The highest BCUT2D eigenvalue weighted by molar-refractivity contribution is 7.07. The summed E-state index contributed by atoms with van der Waals surface area (Å²) in [5.74, 6) is 2.00. The van der Waals surface area contributed by atoms with Crippen LogP contribution in [0.15, 0.2) is 68.4 Å². The van der Waals surface area contributed by atoms with Gasteiger partial charge in [-0.2, -0.15) is 5.10 Å². The Balaban J connectivity index is 1.69. The van der Waals surface area contributed by atoms with Gasteiger partial charge in [-0.15, -0.1) is 11.3 Å². The highest BCUT2D eigenvalue weighted by Gasteiger charge is 2.18. The lowest BCUT2D eigenvalue weighted by molar-refractivity contribution is -0.118. The molecule has 0 aliphatic carbocycles. The van der Waals surface area contributed by atoms with Gasteiger partial charge < -0.3 is 14.5 Å². The van der Waals surface area contributed by atoms with E-state index < -0.39 is 0 Å². The van der Waals surface area contributed by atoms with E-state index in [1.807, 2.05) is 61.2 Å². The molecule has 1 amide bonds. The molecule has 0 atom stereocenters. The second-order valence-corrected chi connectivity index (χ2v) is 9.10. The predicted octanol–water partition coefficient (Wildman–Crippen LogP) is 5.57. The van der Waals surface area contributed by atoms with Crippen LogP contribution >= 0.6 is 11.3 Å². The molecule has 1 aliphatic rings. The van der Waals surface area contributed by atoms with Crippen LogP contribution in [0.2, 0.25) is 0 Å². The number of anilines is 1. The normalized spacial score (nSPS) is 14.1. The van der Waals surface area contributed by atoms with E-state index in [4.69, 9.17) is 19.2 Å². The topological polar surface area (TPSA) is 81.1 Å². The highest BCUT2D eigenvalue weighted by Crippen LogP contribution is 2.33. The first-order valence-corrected chi connectivity index (χ1v) is 11.8. The summed E-state index contributed by atoms with van der Waals surface area (Å²) < 4.78 is 13.1. The molecule has 1 N–H and O–H groups in total. The fourth-order valence-corrected chi connectivity index (χ4v) is 4.53. The fraction of sp³-hybridized carbons (Fsp3) is 0.192. The summed E-state index contributed by atoms with van der Waals surface area (Å²) in [7, 11) is 0. The van der Waals surface area contributed by atoms with Crippen molar-refractivity contribution in [3.63, 3.8) is 0 Å². The fourth-order valence-electron chi connectivity index (χ4n) is 3.69. The monoisotopic (exact) mass is 472 g/mol. The molecule has 2 aromatic carbocycles. The number of hydrogen-bond donors (Lipinski definition) is 1. The lowest BCUT2D eigenvalue weighted by Crippen LogP contribution is -2.25. The second-order valence-electron chi connectivity index (χ2n) is 8.26. The Kier molecular flexibility index (Phi) is 5.67. The molecular formula is C26H24N4O3S. The zero-order chi connectivity index (χ0) is 23.8. The van der Waals surface area contributed by atoms with Gasteiger partial charge in [-0.3, -0.25) is 4.79 Å². The van der Waals surface area contributed by atoms with Gasteiger partial charge in [0, 0.05) is 10.9 Å². The number of amides is 1. The number of carbonyl (C=O) groups is 1. The van der Waals surface area contributed by atoms with E-state index in [0.717, 1.165) is 44.3 Å². The Morgan fingerprint density at radius 2 is 1.94 bits per heavy atom. The van der Waals surface area contributed by atoms with Gasteiger partial charge in [-0.05, 0) is 75.2 Å².